The Kier molecular flexibility index (Phi) is 12.8. The Hall–Kier alpha value is -2.83. The molecule has 0 saturated heterocycles. The van der Waals surface area contributed by atoms with Gasteiger partial charge in [-0.1, -0.05) is 108 Å². The quantitative estimate of drug-likeness (QED) is 0.177. The third kappa shape index (κ3) is 8.44. The Morgan fingerprint density at radius 2 is 1.31 bits per heavy atom. The number of benzene rings is 4. The molecule has 1 unspecified atom stereocenters. The molecule has 0 nitrogen and oxygen atoms in total. The number of allylic oxidation sites excluding steroid dienone is 8. The van der Waals surface area contributed by atoms with Gasteiger partial charge in [-0.3, -0.25) is 12.2 Å². The molecule has 0 fully saturated rings. The van der Waals surface area contributed by atoms with Crippen molar-refractivity contribution >= 4 is 20.4 Å². The zero-order valence-electron chi connectivity index (χ0n) is 32.8. The normalized spacial score (nSPS) is 17.8. The first kappa shape index (κ1) is 41.9. The molecule has 0 heterocycles. The Bertz CT molecular complexity index is 2010. The van der Waals surface area contributed by atoms with Crippen LogP contribution in [0.4, 0.5) is 0 Å². The van der Waals surface area contributed by atoms with Gasteiger partial charge in [-0.15, -0.1) is 17.2 Å². The summed E-state index contributed by atoms with van der Waals surface area (Å²) in [5, 5.41) is 0. The van der Waals surface area contributed by atoms with Gasteiger partial charge in [0, 0.05) is 5.41 Å². The second-order valence-corrected chi connectivity index (χ2v) is 17.4. The van der Waals surface area contributed by atoms with E-state index in [2.05, 4.69) is 177 Å². The van der Waals surface area contributed by atoms with Crippen molar-refractivity contribution in [1.82, 2.24) is 0 Å². The third-order valence-electron chi connectivity index (χ3n) is 10.7. The van der Waals surface area contributed by atoms with Gasteiger partial charge in [0.05, 0.1) is 0 Å². The maximum absolute atomic E-state index is 3.65. The van der Waals surface area contributed by atoms with Crippen molar-refractivity contribution in [3.8, 4) is 11.1 Å². The SMILES string of the molecule is CC(C)(C)c1ccc([CH]=[Zr+2])cc1.CC1=[C-]C(C)(C)c2cc3c(cc21)-c1cc2c(cc1C3)C(C)(C)C=C2C.CC1=[C-]C(C)C=C1c1ccccc1.[Cl-].[Cl-]. The summed E-state index contributed by atoms with van der Waals surface area (Å²) in [6.07, 6.45) is 12.8. The number of hydrogen-bond donors (Lipinski definition) is 0. The molecule has 0 amide bonds. The largest absolute Gasteiger partial charge is 1.00 e. The molecular weight excluding hydrogens is 751 g/mol. The second-order valence-electron chi connectivity index (χ2n) is 16.7. The fourth-order valence-corrected chi connectivity index (χ4v) is 8.59. The Balaban J connectivity index is 0.000000191. The molecule has 4 aliphatic rings. The third-order valence-corrected chi connectivity index (χ3v) is 11.5. The van der Waals surface area contributed by atoms with E-state index in [9.17, 15) is 0 Å². The van der Waals surface area contributed by atoms with E-state index in [0.29, 0.717) is 5.92 Å². The van der Waals surface area contributed by atoms with Crippen molar-refractivity contribution in [2.45, 2.75) is 98.8 Å². The minimum absolute atomic E-state index is 0. The van der Waals surface area contributed by atoms with Crippen LogP contribution in [0.3, 0.4) is 0 Å². The van der Waals surface area contributed by atoms with E-state index in [1.165, 1.54) is 108 Å². The van der Waals surface area contributed by atoms with Crippen LogP contribution in [-0.2, 0) is 46.9 Å². The van der Waals surface area contributed by atoms with Crippen molar-refractivity contribution in [3.05, 3.63) is 159 Å². The Morgan fingerprint density at radius 3 is 1.85 bits per heavy atom. The molecule has 0 aliphatic heterocycles. The van der Waals surface area contributed by atoms with E-state index in [4.69, 9.17) is 0 Å². The molecule has 0 spiro atoms. The molecule has 268 valence electrons. The number of hydrogen-bond acceptors (Lipinski definition) is 0. The number of halogens is 2. The van der Waals surface area contributed by atoms with Crippen LogP contribution in [0.2, 0.25) is 0 Å². The van der Waals surface area contributed by atoms with Gasteiger partial charge >= 0.3 is 89.5 Å². The van der Waals surface area contributed by atoms with Gasteiger partial charge in [-0.25, -0.2) is 11.1 Å². The Labute approximate surface area is 341 Å². The molecule has 52 heavy (non-hydrogen) atoms. The number of fused-ring (bicyclic) bond motifs is 5. The van der Waals surface area contributed by atoms with Gasteiger partial charge in [-0.2, -0.15) is 17.2 Å². The first-order valence-corrected chi connectivity index (χ1v) is 19.6. The molecule has 4 aromatic carbocycles. The zero-order valence-corrected chi connectivity index (χ0v) is 36.7. The molecule has 8 rings (SSSR count). The van der Waals surface area contributed by atoms with Gasteiger partial charge < -0.3 is 24.8 Å². The first-order valence-electron chi connectivity index (χ1n) is 18.1. The van der Waals surface area contributed by atoms with Crippen molar-refractivity contribution in [3.63, 3.8) is 0 Å². The van der Waals surface area contributed by atoms with Crippen LogP contribution in [-0.4, -0.2) is 3.71 Å². The van der Waals surface area contributed by atoms with E-state index in [1.807, 2.05) is 6.07 Å². The topological polar surface area (TPSA) is 0 Å². The summed E-state index contributed by atoms with van der Waals surface area (Å²) in [5.41, 5.74) is 21.5. The van der Waals surface area contributed by atoms with Crippen molar-refractivity contribution in [1.29, 1.82) is 0 Å². The van der Waals surface area contributed by atoms with Gasteiger partial charge in [0.2, 0.25) is 0 Å². The van der Waals surface area contributed by atoms with Gasteiger partial charge in [0.15, 0.2) is 0 Å². The summed E-state index contributed by atoms with van der Waals surface area (Å²) in [6, 6.07) is 29.1. The van der Waals surface area contributed by atoms with Gasteiger partial charge in [0.1, 0.15) is 0 Å². The summed E-state index contributed by atoms with van der Waals surface area (Å²) in [5.74, 6) is 0.468. The maximum atomic E-state index is 3.65. The first-order chi connectivity index (χ1) is 23.5. The van der Waals surface area contributed by atoms with Crippen molar-refractivity contribution in [2.75, 3.05) is 0 Å². The maximum Gasteiger partial charge on any atom is 0.00873 e. The van der Waals surface area contributed by atoms with E-state index in [-0.39, 0.29) is 41.1 Å². The standard InChI is InChI=1S/C25H25.C13H13.C11H14.2ClH.Zr/c1-14-12-24(3,4)22-8-16-7-17-9-23-19(15(2)13-25(23,5)6)11-21(17)20(16)10-18(14)22;1-10-8-11(2)13(9-10)12-6-4-3-5-7-12;1-9-5-7-10(8-6-9)11(2,3)4;;;/h8-12H,7H2,1-6H3;3-7,9-10H,1-2H3;1,5-8H,2-4H3;2*1H;/q2*-1;;;;+2/p-2. The van der Waals surface area contributed by atoms with Crippen LogP contribution in [0.15, 0.2) is 96.6 Å². The van der Waals surface area contributed by atoms with E-state index >= 15 is 0 Å². The van der Waals surface area contributed by atoms with Crippen LogP contribution < -0.4 is 24.8 Å². The molecule has 0 radical (unpaired) electrons. The van der Waals surface area contributed by atoms with Crippen molar-refractivity contribution in [2.24, 2.45) is 5.92 Å². The monoisotopic (exact) mass is 800 g/mol. The molecule has 0 saturated carbocycles. The average molecular weight is 803 g/mol. The van der Waals surface area contributed by atoms with Crippen LogP contribution in [0, 0.1) is 18.1 Å². The number of rotatable bonds is 2. The summed E-state index contributed by atoms with van der Waals surface area (Å²) in [7, 11) is 0. The zero-order chi connectivity index (χ0) is 36.2. The van der Waals surface area contributed by atoms with Crippen LogP contribution in [0.1, 0.15) is 126 Å². The summed E-state index contributed by atoms with van der Waals surface area (Å²) >= 11 is 1.46. The van der Waals surface area contributed by atoms with Crippen LogP contribution in [0.25, 0.3) is 27.8 Å². The Morgan fingerprint density at radius 1 is 0.731 bits per heavy atom. The molecule has 4 aliphatic carbocycles. The molecule has 3 heteroatoms. The molecule has 0 bridgehead atoms. The molecule has 0 aromatic heterocycles. The molecule has 4 aromatic rings. The fraction of sp³-hybridized carbons (Fsp3) is 0.327. The minimum atomic E-state index is 0. The van der Waals surface area contributed by atoms with Crippen LogP contribution in [0.5, 0.6) is 0 Å². The summed E-state index contributed by atoms with van der Waals surface area (Å²) in [4.78, 5) is 0. The molecule has 0 N–H and O–H groups in total. The van der Waals surface area contributed by atoms with Gasteiger partial charge in [-0.05, 0) is 58.4 Å². The second kappa shape index (κ2) is 15.9. The van der Waals surface area contributed by atoms with Crippen LogP contribution >= 0.6 is 0 Å². The summed E-state index contributed by atoms with van der Waals surface area (Å²) in [6.45, 7) is 24.7. The van der Waals surface area contributed by atoms with E-state index in [1.54, 1.807) is 0 Å². The van der Waals surface area contributed by atoms with Gasteiger partial charge in [0.25, 0.3) is 0 Å². The van der Waals surface area contributed by atoms with E-state index < -0.39 is 0 Å². The predicted octanol–water partition coefficient (Wildman–Crippen LogP) is 6.61. The molecule has 1 atom stereocenters. The fourth-order valence-electron chi connectivity index (χ4n) is 8.12. The van der Waals surface area contributed by atoms with Crippen molar-refractivity contribution < 1.29 is 49.0 Å². The minimum Gasteiger partial charge on any atom is -1.00 e. The molecular formula is C49H52Cl2Zr-2. The average Bonchev–Trinajstić information content (AvgIpc) is 3.73. The predicted molar refractivity (Wildman–Crippen MR) is 213 cm³/mol. The summed E-state index contributed by atoms with van der Waals surface area (Å²) < 4.78 is 2.21. The van der Waals surface area contributed by atoms with E-state index in [0.717, 1.165) is 6.42 Å². The smallest absolute Gasteiger partial charge is 0.00873 e.